The van der Waals surface area contributed by atoms with E-state index < -0.39 is 5.12 Å². The number of hydrogen-bond acceptors (Lipinski definition) is 2. The molecule has 1 heterocycles. The molecule has 0 saturated heterocycles. The average Bonchev–Trinajstić information content (AvgIpc) is 2.21. The summed E-state index contributed by atoms with van der Waals surface area (Å²) >= 11 is 5.65. The molecule has 1 aliphatic rings. The highest BCUT2D eigenvalue weighted by Gasteiger charge is 2.40. The van der Waals surface area contributed by atoms with Crippen LogP contribution in [0, 0.1) is 5.92 Å². The Morgan fingerprint density at radius 3 is 1.86 bits per heavy atom. The van der Waals surface area contributed by atoms with Crippen molar-refractivity contribution in [3.8, 4) is 0 Å². The maximum Gasteiger partial charge on any atom is 0.265 e. The lowest BCUT2D eigenvalue weighted by Crippen LogP contribution is -2.08. The van der Waals surface area contributed by atoms with Gasteiger partial charge in [-0.25, -0.2) is 0 Å². The Hall–Kier alpha value is -0.110. The highest BCUT2D eigenvalue weighted by molar-refractivity contribution is 6.24. The summed E-state index contributed by atoms with van der Waals surface area (Å²) in [7, 11) is 0. The van der Waals surface area contributed by atoms with E-state index in [1.165, 1.54) is 0 Å². The molecule has 0 N–H and O–H groups in total. The zero-order valence-electron chi connectivity index (χ0n) is 4.35. The molecule has 0 aromatic rings. The van der Waals surface area contributed by atoms with Crippen LogP contribution < -0.4 is 0 Å². The van der Waals surface area contributed by atoms with Gasteiger partial charge in [0.05, 0.1) is 0 Å². The van der Waals surface area contributed by atoms with Gasteiger partial charge in [-0.2, -0.15) is 0 Å². The molecule has 0 atom stereocenters. The molecule has 0 fully saturated rings. The van der Waals surface area contributed by atoms with Crippen molar-refractivity contribution >= 4 is 11.6 Å². The molecule has 0 spiro atoms. The Balaban J connectivity index is 2.41. The Kier molecular flexibility index (Phi) is 0.854. The second-order valence-electron chi connectivity index (χ2n) is 1.99. The molecule has 2 nitrogen and oxygen atoms in total. The molecule has 0 amide bonds. The highest BCUT2D eigenvalue weighted by atomic mass is 35.5. The number of alkyl halides is 1. The Labute approximate surface area is 47.6 Å². The first-order chi connectivity index (χ1) is 3.15. The zero-order valence-corrected chi connectivity index (χ0v) is 5.11. The fraction of sp³-hybridized carbons (Fsp3) is 1.00. The Bertz CT molecular complexity index is 102. The first-order valence-electron chi connectivity index (χ1n) is 2.28. The van der Waals surface area contributed by atoms with Crippen molar-refractivity contribution in [3.63, 3.8) is 0 Å². The van der Waals surface area contributed by atoms with Crippen molar-refractivity contribution in [2.45, 2.75) is 19.0 Å². The van der Waals surface area contributed by atoms with Crippen molar-refractivity contribution in [1.82, 2.24) is 0 Å². The fourth-order valence-electron chi connectivity index (χ4n) is 0.279. The normalized spacial score (nSPS) is 23.4. The van der Waals surface area contributed by atoms with Gasteiger partial charge in [0.2, 0.25) is 0 Å². The molecule has 40 valence electrons. The van der Waals surface area contributed by atoms with Crippen LogP contribution in [0.1, 0.15) is 13.8 Å². The third-order valence-corrected chi connectivity index (χ3v) is 1.61. The number of rotatable bonds is 1. The van der Waals surface area contributed by atoms with E-state index in [1.807, 2.05) is 13.8 Å². The predicted molar refractivity (Wildman–Crippen MR) is 28.3 cm³/mol. The van der Waals surface area contributed by atoms with E-state index in [0.717, 1.165) is 0 Å². The molecule has 7 heavy (non-hydrogen) atoms. The van der Waals surface area contributed by atoms with Crippen molar-refractivity contribution < 1.29 is 0 Å². The molecule has 0 radical (unpaired) electrons. The second-order valence-corrected chi connectivity index (χ2v) is 2.55. The van der Waals surface area contributed by atoms with E-state index in [1.54, 1.807) is 0 Å². The van der Waals surface area contributed by atoms with Gasteiger partial charge in [-0.3, -0.25) is 0 Å². The van der Waals surface area contributed by atoms with Gasteiger partial charge in [-0.1, -0.05) is 25.4 Å². The summed E-state index contributed by atoms with van der Waals surface area (Å²) in [6.45, 7) is 3.99. The van der Waals surface area contributed by atoms with Crippen molar-refractivity contribution in [1.29, 1.82) is 0 Å². The van der Waals surface area contributed by atoms with Crippen LogP contribution in [0.2, 0.25) is 0 Å². The van der Waals surface area contributed by atoms with Gasteiger partial charge in [0.1, 0.15) is 0 Å². The largest absolute Gasteiger partial charge is 0.265 e. The van der Waals surface area contributed by atoms with E-state index in [4.69, 9.17) is 11.6 Å². The summed E-state index contributed by atoms with van der Waals surface area (Å²) in [5.41, 5.74) is 0. The van der Waals surface area contributed by atoms with E-state index in [9.17, 15) is 0 Å². The standard InChI is InChI=1S/C4H7ClN2/c1-3(2)4(5)6-7-4/h3H,1-2H3. The molecule has 1 aliphatic heterocycles. The molecule has 0 saturated carbocycles. The molecule has 0 unspecified atom stereocenters. The summed E-state index contributed by atoms with van der Waals surface area (Å²) in [6.07, 6.45) is 0. The van der Waals surface area contributed by atoms with Crippen molar-refractivity contribution in [3.05, 3.63) is 0 Å². The number of nitrogens with zero attached hydrogens (tertiary/aromatic N) is 2. The maximum atomic E-state index is 5.65. The number of halogens is 1. The first kappa shape index (κ1) is 5.04. The summed E-state index contributed by atoms with van der Waals surface area (Å²) < 4.78 is 0. The van der Waals surface area contributed by atoms with Crippen LogP contribution in [0.15, 0.2) is 10.2 Å². The van der Waals surface area contributed by atoms with E-state index in [-0.39, 0.29) is 0 Å². The lowest BCUT2D eigenvalue weighted by Gasteiger charge is -2.01. The minimum absolute atomic E-state index is 0.342. The third kappa shape index (κ3) is 0.752. The van der Waals surface area contributed by atoms with Crippen LogP contribution in [0.5, 0.6) is 0 Å². The van der Waals surface area contributed by atoms with Gasteiger partial charge < -0.3 is 0 Å². The molecule has 3 heteroatoms. The van der Waals surface area contributed by atoms with Gasteiger partial charge >= 0.3 is 0 Å². The van der Waals surface area contributed by atoms with Gasteiger partial charge in [0.25, 0.3) is 5.12 Å². The summed E-state index contributed by atoms with van der Waals surface area (Å²) in [5.74, 6) is 0.342. The first-order valence-corrected chi connectivity index (χ1v) is 2.66. The van der Waals surface area contributed by atoms with Crippen LogP contribution >= 0.6 is 11.6 Å². The van der Waals surface area contributed by atoms with Crippen LogP contribution in [0.25, 0.3) is 0 Å². The minimum atomic E-state index is -0.528. The van der Waals surface area contributed by atoms with E-state index in [2.05, 4.69) is 10.2 Å². The molecule has 0 aliphatic carbocycles. The molecular formula is C4H7ClN2. The van der Waals surface area contributed by atoms with Crippen molar-refractivity contribution in [2.24, 2.45) is 16.1 Å². The SMILES string of the molecule is CC(C)C1(Cl)N=N1. The predicted octanol–water partition coefficient (Wildman–Crippen LogP) is 2.00. The van der Waals surface area contributed by atoms with Gasteiger partial charge in [-0.15, -0.1) is 10.2 Å². The highest BCUT2D eigenvalue weighted by Crippen LogP contribution is 2.39. The molecule has 1 rings (SSSR count). The third-order valence-electron chi connectivity index (χ3n) is 1.03. The minimum Gasteiger partial charge on any atom is -0.140 e. The monoisotopic (exact) mass is 118 g/mol. The van der Waals surface area contributed by atoms with Gasteiger partial charge in [0, 0.05) is 5.92 Å². The Morgan fingerprint density at radius 2 is 1.86 bits per heavy atom. The molecule has 0 bridgehead atoms. The van der Waals surface area contributed by atoms with E-state index >= 15 is 0 Å². The van der Waals surface area contributed by atoms with Crippen LogP contribution in [-0.2, 0) is 0 Å². The van der Waals surface area contributed by atoms with Crippen LogP contribution in [0.3, 0.4) is 0 Å². The molecule has 0 aromatic carbocycles. The summed E-state index contributed by atoms with van der Waals surface area (Å²) in [4.78, 5) is 0. The van der Waals surface area contributed by atoms with Crippen molar-refractivity contribution in [2.75, 3.05) is 0 Å². The number of hydrogen-bond donors (Lipinski definition) is 0. The molecule has 0 aromatic heterocycles. The van der Waals surface area contributed by atoms with Crippen LogP contribution in [0.4, 0.5) is 0 Å². The summed E-state index contributed by atoms with van der Waals surface area (Å²) in [6, 6.07) is 0. The average molecular weight is 119 g/mol. The van der Waals surface area contributed by atoms with Crippen LogP contribution in [-0.4, -0.2) is 5.12 Å². The zero-order chi connectivity index (χ0) is 5.49. The fourth-order valence-corrected chi connectivity index (χ4v) is 0.317. The summed E-state index contributed by atoms with van der Waals surface area (Å²) in [5, 5.41) is 6.72. The van der Waals surface area contributed by atoms with E-state index in [0.29, 0.717) is 5.92 Å². The maximum absolute atomic E-state index is 5.65. The quantitative estimate of drug-likeness (QED) is 0.372. The van der Waals surface area contributed by atoms with Gasteiger partial charge in [-0.05, 0) is 0 Å². The smallest absolute Gasteiger partial charge is 0.140 e. The lowest BCUT2D eigenvalue weighted by atomic mass is 10.2. The second kappa shape index (κ2) is 1.19. The topological polar surface area (TPSA) is 24.7 Å². The van der Waals surface area contributed by atoms with Gasteiger partial charge in [0.15, 0.2) is 0 Å². The Morgan fingerprint density at radius 1 is 1.43 bits per heavy atom. The molecular weight excluding hydrogens is 112 g/mol. The lowest BCUT2D eigenvalue weighted by molar-refractivity contribution is 0.567.